The van der Waals surface area contributed by atoms with Crippen molar-refractivity contribution in [2.45, 2.75) is 19.6 Å². The SMILES string of the molecule is COc1cc(/C=N/OCC(=O)Nc2ccccc2C(=O)NC(C)c2ccccc2)ccc1OC(F)F. The quantitative estimate of drug-likeness (QED) is 0.294. The van der Waals surface area contributed by atoms with Gasteiger partial charge in [-0.2, -0.15) is 8.78 Å². The molecule has 2 N–H and O–H groups in total. The molecule has 2 amide bonds. The number of nitrogens with zero attached hydrogens (tertiary/aromatic N) is 1. The van der Waals surface area contributed by atoms with Crippen LogP contribution in [0.1, 0.15) is 34.5 Å². The van der Waals surface area contributed by atoms with Crippen LogP contribution in [-0.4, -0.2) is 38.4 Å². The molecule has 3 aromatic rings. The average Bonchev–Trinajstić information content (AvgIpc) is 2.87. The fourth-order valence-corrected chi connectivity index (χ4v) is 3.23. The van der Waals surface area contributed by atoms with Crippen LogP contribution in [0.15, 0.2) is 78.0 Å². The van der Waals surface area contributed by atoms with Gasteiger partial charge in [-0.15, -0.1) is 0 Å². The fraction of sp³-hybridized carbons (Fsp3) is 0.192. The van der Waals surface area contributed by atoms with Gasteiger partial charge < -0.3 is 24.9 Å². The number of oxime groups is 1. The maximum absolute atomic E-state index is 12.8. The minimum atomic E-state index is -2.98. The Morgan fingerprint density at radius 2 is 1.72 bits per heavy atom. The van der Waals surface area contributed by atoms with Crippen LogP contribution >= 0.6 is 0 Å². The zero-order chi connectivity index (χ0) is 25.9. The number of ether oxygens (including phenoxy) is 2. The van der Waals surface area contributed by atoms with E-state index in [2.05, 4.69) is 20.5 Å². The third-order valence-electron chi connectivity index (χ3n) is 4.97. The second-order valence-electron chi connectivity index (χ2n) is 7.50. The molecule has 188 valence electrons. The highest BCUT2D eigenvalue weighted by Gasteiger charge is 2.16. The Hall–Kier alpha value is -4.47. The van der Waals surface area contributed by atoms with Crippen LogP contribution in [0.4, 0.5) is 14.5 Å². The molecule has 36 heavy (non-hydrogen) atoms. The number of methoxy groups -OCH3 is 1. The third-order valence-corrected chi connectivity index (χ3v) is 4.97. The Morgan fingerprint density at radius 1 is 1.00 bits per heavy atom. The molecule has 0 aliphatic carbocycles. The van der Waals surface area contributed by atoms with E-state index in [9.17, 15) is 18.4 Å². The molecule has 10 heteroatoms. The van der Waals surface area contributed by atoms with Crippen LogP contribution in [0, 0.1) is 0 Å². The number of hydrogen-bond acceptors (Lipinski definition) is 6. The summed E-state index contributed by atoms with van der Waals surface area (Å²) in [5.41, 5.74) is 2.05. The summed E-state index contributed by atoms with van der Waals surface area (Å²) in [4.78, 5) is 30.2. The molecule has 1 unspecified atom stereocenters. The standard InChI is InChI=1S/C26H25F2N3O5/c1-17(19-8-4-3-5-9-19)30-25(33)20-10-6-7-11-21(20)31-24(32)16-35-29-15-18-12-13-22(36-26(27)28)23(14-18)34-2/h3-15,17,26H,16H2,1-2H3,(H,30,33)(H,31,32)/b29-15+. The van der Waals surface area contributed by atoms with E-state index in [1.807, 2.05) is 37.3 Å². The van der Waals surface area contributed by atoms with Crippen molar-refractivity contribution in [1.82, 2.24) is 5.32 Å². The van der Waals surface area contributed by atoms with Gasteiger partial charge in [0.15, 0.2) is 18.1 Å². The first-order valence-electron chi connectivity index (χ1n) is 10.9. The summed E-state index contributed by atoms with van der Waals surface area (Å²) in [5, 5.41) is 9.27. The first-order chi connectivity index (χ1) is 17.4. The second-order valence-corrected chi connectivity index (χ2v) is 7.50. The molecule has 8 nitrogen and oxygen atoms in total. The van der Waals surface area contributed by atoms with Crippen molar-refractivity contribution < 1.29 is 32.7 Å². The molecule has 0 saturated heterocycles. The van der Waals surface area contributed by atoms with Crippen molar-refractivity contribution in [2.24, 2.45) is 5.16 Å². The normalized spacial score (nSPS) is 11.7. The van der Waals surface area contributed by atoms with Gasteiger partial charge in [-0.25, -0.2) is 0 Å². The minimum absolute atomic E-state index is 0.0912. The van der Waals surface area contributed by atoms with Gasteiger partial charge in [-0.05, 0) is 42.8 Å². The molecular formula is C26H25F2N3O5. The van der Waals surface area contributed by atoms with E-state index in [0.29, 0.717) is 16.8 Å². The summed E-state index contributed by atoms with van der Waals surface area (Å²) in [6.45, 7) is -1.53. The van der Waals surface area contributed by atoms with E-state index >= 15 is 0 Å². The van der Waals surface area contributed by atoms with Gasteiger partial charge in [0.05, 0.1) is 30.6 Å². The molecular weight excluding hydrogens is 472 g/mol. The zero-order valence-electron chi connectivity index (χ0n) is 19.6. The van der Waals surface area contributed by atoms with Crippen LogP contribution in [0.5, 0.6) is 11.5 Å². The van der Waals surface area contributed by atoms with Gasteiger partial charge in [0.1, 0.15) is 0 Å². The van der Waals surface area contributed by atoms with Crippen LogP contribution < -0.4 is 20.1 Å². The summed E-state index contributed by atoms with van der Waals surface area (Å²) in [6.07, 6.45) is 1.29. The van der Waals surface area contributed by atoms with Crippen LogP contribution in [0.25, 0.3) is 0 Å². The number of halogens is 2. The number of carbonyl (C=O) groups is 2. The molecule has 0 aliphatic heterocycles. The van der Waals surface area contributed by atoms with Crippen molar-refractivity contribution in [3.63, 3.8) is 0 Å². The molecule has 3 aromatic carbocycles. The predicted molar refractivity (Wildman–Crippen MR) is 131 cm³/mol. The molecule has 0 bridgehead atoms. The first-order valence-corrected chi connectivity index (χ1v) is 10.9. The predicted octanol–water partition coefficient (Wildman–Crippen LogP) is 4.78. The Labute approximate surface area is 206 Å². The van der Waals surface area contributed by atoms with Crippen LogP contribution in [-0.2, 0) is 9.63 Å². The van der Waals surface area contributed by atoms with Crippen molar-refractivity contribution in [3.8, 4) is 11.5 Å². The molecule has 0 saturated carbocycles. The summed E-state index contributed by atoms with van der Waals surface area (Å²) >= 11 is 0. The van der Waals surface area contributed by atoms with Gasteiger partial charge >= 0.3 is 6.61 Å². The number of hydrogen-bond donors (Lipinski definition) is 2. The van der Waals surface area contributed by atoms with E-state index in [1.165, 1.54) is 31.5 Å². The first kappa shape index (κ1) is 26.1. The van der Waals surface area contributed by atoms with Gasteiger partial charge in [-0.3, -0.25) is 9.59 Å². The van der Waals surface area contributed by atoms with Crippen molar-refractivity contribution in [2.75, 3.05) is 19.0 Å². The molecule has 0 fully saturated rings. The number of carbonyl (C=O) groups excluding carboxylic acids is 2. The molecule has 0 heterocycles. The number of anilines is 1. The lowest BCUT2D eigenvalue weighted by atomic mass is 10.1. The maximum atomic E-state index is 12.8. The lowest BCUT2D eigenvalue weighted by Gasteiger charge is -2.16. The Balaban J connectivity index is 1.55. The maximum Gasteiger partial charge on any atom is 0.387 e. The Morgan fingerprint density at radius 3 is 2.44 bits per heavy atom. The van der Waals surface area contributed by atoms with Crippen molar-refractivity contribution >= 4 is 23.7 Å². The Kier molecular flexibility index (Phi) is 9.33. The van der Waals surface area contributed by atoms with Gasteiger partial charge in [-0.1, -0.05) is 47.6 Å². The molecule has 0 spiro atoms. The highest BCUT2D eigenvalue weighted by molar-refractivity contribution is 6.04. The Bertz CT molecular complexity index is 1210. The average molecular weight is 497 g/mol. The van der Waals surface area contributed by atoms with Crippen molar-refractivity contribution in [3.05, 3.63) is 89.5 Å². The van der Waals surface area contributed by atoms with E-state index < -0.39 is 19.1 Å². The summed E-state index contributed by atoms with van der Waals surface area (Å²) in [5.74, 6) is -0.893. The largest absolute Gasteiger partial charge is 0.493 e. The topological polar surface area (TPSA) is 98.3 Å². The van der Waals surface area contributed by atoms with Crippen molar-refractivity contribution in [1.29, 1.82) is 0 Å². The van der Waals surface area contributed by atoms with Crippen LogP contribution in [0.2, 0.25) is 0 Å². The van der Waals surface area contributed by atoms with E-state index in [4.69, 9.17) is 9.57 Å². The lowest BCUT2D eigenvalue weighted by Crippen LogP contribution is -2.28. The fourth-order valence-electron chi connectivity index (χ4n) is 3.23. The zero-order valence-corrected chi connectivity index (χ0v) is 19.6. The van der Waals surface area contributed by atoms with E-state index in [1.54, 1.807) is 24.3 Å². The highest BCUT2D eigenvalue weighted by Crippen LogP contribution is 2.29. The van der Waals surface area contributed by atoms with Crippen LogP contribution in [0.3, 0.4) is 0 Å². The number of amides is 2. The molecule has 1 atom stereocenters. The summed E-state index contributed by atoms with van der Waals surface area (Å²) in [6, 6.07) is 20.1. The molecule has 0 aromatic heterocycles. The van der Waals surface area contributed by atoms with E-state index in [-0.39, 0.29) is 23.4 Å². The number of alkyl halides is 2. The molecule has 3 rings (SSSR count). The summed E-state index contributed by atoms with van der Waals surface area (Å²) < 4.78 is 34.2. The minimum Gasteiger partial charge on any atom is -0.493 e. The molecule has 0 radical (unpaired) electrons. The highest BCUT2D eigenvalue weighted by atomic mass is 19.3. The molecule has 0 aliphatic rings. The number of benzene rings is 3. The number of rotatable bonds is 11. The second kappa shape index (κ2) is 12.8. The lowest BCUT2D eigenvalue weighted by molar-refractivity contribution is -0.120. The smallest absolute Gasteiger partial charge is 0.387 e. The number of nitrogens with one attached hydrogen (secondary N) is 2. The summed E-state index contributed by atoms with van der Waals surface area (Å²) in [7, 11) is 1.32. The van der Waals surface area contributed by atoms with E-state index in [0.717, 1.165) is 5.56 Å². The monoisotopic (exact) mass is 497 g/mol. The van der Waals surface area contributed by atoms with Gasteiger partial charge in [0.2, 0.25) is 0 Å². The van der Waals surface area contributed by atoms with Gasteiger partial charge in [0.25, 0.3) is 11.8 Å². The third kappa shape index (κ3) is 7.52. The number of para-hydroxylation sites is 1. The van der Waals surface area contributed by atoms with Gasteiger partial charge in [0, 0.05) is 5.56 Å².